The Hall–Kier alpha value is -2.10. The minimum absolute atomic E-state index is 0.597. The monoisotopic (exact) mass is 339 g/mol. The molecule has 0 radical (unpaired) electrons. The molecule has 0 saturated heterocycles. The summed E-state index contributed by atoms with van der Waals surface area (Å²) in [6.45, 7) is 3.85. The molecular formula is C21H29N4+. The van der Waals surface area contributed by atoms with Crippen LogP contribution in [0.25, 0.3) is 17.2 Å². The number of fused-ring (bicyclic) bond motifs is 1. The number of imidazole rings is 2. The molecule has 3 aromatic heterocycles. The van der Waals surface area contributed by atoms with Crippen molar-refractivity contribution >= 4 is 5.78 Å². The largest absolute Gasteiger partial charge is 0.308 e. The van der Waals surface area contributed by atoms with Crippen molar-refractivity contribution in [3.8, 4) is 11.4 Å². The average Bonchev–Trinajstić information content (AvgIpc) is 3.18. The Kier molecular flexibility index (Phi) is 3.57. The highest BCUT2D eigenvalue weighted by molar-refractivity contribution is 5.58. The molecule has 0 spiro atoms. The second kappa shape index (κ2) is 6.32. The van der Waals surface area contributed by atoms with Crippen LogP contribution in [0.2, 0.25) is 0 Å². The highest BCUT2D eigenvalue weighted by Gasteiger charge is 2.26. The molecule has 0 amide bonds. The predicted molar refractivity (Wildman–Crippen MR) is 101 cm³/mol. The van der Waals surface area contributed by atoms with Gasteiger partial charge in [0.1, 0.15) is 12.7 Å². The Labute approximate surface area is 152 Å². The molecule has 25 heavy (non-hydrogen) atoms. The van der Waals surface area contributed by atoms with Gasteiger partial charge >= 0.3 is 0 Å². The van der Waals surface area contributed by atoms with Gasteiger partial charge in [0.05, 0.1) is 0 Å². The molecule has 1 saturated carbocycles. The molecule has 4 nitrogen and oxygen atoms in total. The van der Waals surface area contributed by atoms with E-state index in [1.165, 1.54) is 6.42 Å². The number of aryl methyl sites for hydroxylation is 2. The summed E-state index contributed by atoms with van der Waals surface area (Å²) >= 11 is 0. The van der Waals surface area contributed by atoms with Crippen LogP contribution < -0.4 is 4.57 Å². The molecule has 0 N–H and O–H groups in total. The zero-order valence-electron chi connectivity index (χ0n) is 17.7. The van der Waals surface area contributed by atoms with Gasteiger partial charge in [0.25, 0.3) is 0 Å². The molecule has 1 aliphatic rings. The maximum atomic E-state index is 9.23. The van der Waals surface area contributed by atoms with E-state index in [2.05, 4.69) is 32.6 Å². The van der Waals surface area contributed by atoms with Crippen molar-refractivity contribution in [3.05, 3.63) is 42.0 Å². The molecule has 1 aliphatic carbocycles. The zero-order chi connectivity index (χ0) is 19.4. The van der Waals surface area contributed by atoms with E-state index >= 15 is 0 Å². The smallest absolute Gasteiger partial charge is 0.230 e. The van der Waals surface area contributed by atoms with Crippen LogP contribution >= 0.6 is 0 Å². The van der Waals surface area contributed by atoms with E-state index in [0.29, 0.717) is 0 Å². The number of hydrogen-bond donors (Lipinski definition) is 0. The summed E-state index contributed by atoms with van der Waals surface area (Å²) in [6.07, 6.45) is 13.1. The Balaban J connectivity index is 1.95. The lowest BCUT2D eigenvalue weighted by Crippen LogP contribution is -2.33. The Morgan fingerprint density at radius 1 is 1.32 bits per heavy atom. The summed E-state index contributed by atoms with van der Waals surface area (Å²) in [4.78, 5) is 4.43. The van der Waals surface area contributed by atoms with Gasteiger partial charge in [-0.15, -0.1) is 0 Å². The van der Waals surface area contributed by atoms with Gasteiger partial charge in [0.2, 0.25) is 11.5 Å². The average molecular weight is 340 g/mol. The molecule has 4 rings (SSSR count). The summed E-state index contributed by atoms with van der Waals surface area (Å²) in [5, 5.41) is 0. The zero-order valence-corrected chi connectivity index (χ0v) is 15.7. The van der Waals surface area contributed by atoms with E-state index in [1.807, 2.05) is 38.5 Å². The lowest BCUT2D eigenvalue weighted by molar-refractivity contribution is -0.661. The third-order valence-corrected chi connectivity index (χ3v) is 5.48. The minimum Gasteiger partial charge on any atom is -0.308 e. The third kappa shape index (κ3) is 2.78. The molecule has 3 aromatic rings. The predicted octanol–water partition coefficient (Wildman–Crippen LogP) is 4.34. The van der Waals surface area contributed by atoms with E-state index < -0.39 is 11.8 Å². The number of nitrogens with zero attached hydrogens (tertiary/aromatic N) is 4. The van der Waals surface area contributed by atoms with Gasteiger partial charge in [-0.2, -0.15) is 4.57 Å². The van der Waals surface area contributed by atoms with Crippen molar-refractivity contribution in [2.45, 2.75) is 57.7 Å². The normalized spacial score (nSPS) is 19.0. The molecule has 0 aromatic carbocycles. The van der Waals surface area contributed by atoms with Crippen LogP contribution in [0.15, 0.2) is 30.9 Å². The van der Waals surface area contributed by atoms with Gasteiger partial charge in [-0.05, 0) is 30.2 Å². The Morgan fingerprint density at radius 3 is 2.76 bits per heavy atom. The van der Waals surface area contributed by atoms with Crippen LogP contribution in [-0.2, 0) is 14.1 Å². The van der Waals surface area contributed by atoms with E-state index in [4.69, 9.17) is 1.37 Å². The van der Waals surface area contributed by atoms with Gasteiger partial charge in [0.15, 0.2) is 6.20 Å². The molecule has 0 atom stereocenters. The van der Waals surface area contributed by atoms with Crippen LogP contribution in [0, 0.1) is 0 Å². The fourth-order valence-corrected chi connectivity index (χ4v) is 4.07. The molecule has 4 heteroatoms. The molecule has 0 aliphatic heterocycles. The third-order valence-electron chi connectivity index (χ3n) is 5.48. The van der Waals surface area contributed by atoms with Crippen molar-refractivity contribution < 1.29 is 7.31 Å². The van der Waals surface area contributed by atoms with E-state index in [9.17, 15) is 1.37 Å². The number of pyridine rings is 1. The van der Waals surface area contributed by atoms with E-state index in [0.717, 1.165) is 54.0 Å². The van der Waals surface area contributed by atoms with Crippen molar-refractivity contribution in [2.75, 3.05) is 0 Å². The minimum atomic E-state index is -0.736. The highest BCUT2D eigenvalue weighted by atomic mass is 15.2. The summed E-state index contributed by atoms with van der Waals surface area (Å²) in [5.74, 6) is -0.435. The number of rotatable bonds is 3. The standard InChI is InChI=1S/C21H29N4/c1-15(2)18-13-23(3)19(12-17(18)16-8-6-5-7-9-16)20-14-25-11-10-22-21(25)24(20)4/h10-16H,5-9H2,1-4H3/q+1/i15D,16D. The van der Waals surface area contributed by atoms with Gasteiger partial charge in [-0.3, -0.25) is 4.40 Å². The van der Waals surface area contributed by atoms with Crippen LogP contribution in [0.4, 0.5) is 0 Å². The molecule has 132 valence electrons. The van der Waals surface area contributed by atoms with Crippen LogP contribution in [-0.4, -0.2) is 14.0 Å². The molecular weight excluding hydrogens is 308 g/mol. The number of aromatic nitrogens is 4. The first kappa shape index (κ1) is 14.1. The first-order chi connectivity index (χ1) is 12.7. The molecule has 0 unspecified atom stereocenters. The molecule has 1 fully saturated rings. The van der Waals surface area contributed by atoms with Crippen LogP contribution in [0.1, 0.15) is 71.6 Å². The van der Waals surface area contributed by atoms with Crippen molar-refractivity contribution in [1.82, 2.24) is 14.0 Å². The lowest BCUT2D eigenvalue weighted by atomic mass is 9.80. The first-order valence-electron chi connectivity index (χ1n) is 10.2. The maximum Gasteiger partial charge on any atom is 0.230 e. The topological polar surface area (TPSA) is 26.1 Å². The maximum absolute atomic E-state index is 9.23. The second-order valence-corrected chi connectivity index (χ2v) is 7.47. The Bertz CT molecular complexity index is 988. The SMILES string of the molecule is [2H]C(C)(C)c1c[n+](C)c(-c2cn3ccnc3n2C)cc1C1([2H])CCCCC1. The fraction of sp³-hybridized carbons (Fsp3) is 0.524. The first-order valence-corrected chi connectivity index (χ1v) is 9.24. The fourth-order valence-electron chi connectivity index (χ4n) is 4.07. The summed E-state index contributed by atoms with van der Waals surface area (Å²) in [7, 11) is 4.05. The summed E-state index contributed by atoms with van der Waals surface area (Å²) < 4.78 is 24.1. The highest BCUT2D eigenvalue weighted by Crippen LogP contribution is 2.37. The van der Waals surface area contributed by atoms with Crippen molar-refractivity contribution in [2.24, 2.45) is 14.1 Å². The molecule has 0 bridgehead atoms. The van der Waals surface area contributed by atoms with Gasteiger partial charge < -0.3 is 4.57 Å². The van der Waals surface area contributed by atoms with Crippen LogP contribution in [0.5, 0.6) is 0 Å². The summed E-state index contributed by atoms with van der Waals surface area (Å²) in [6, 6.07) is 2.17. The van der Waals surface area contributed by atoms with Crippen LogP contribution in [0.3, 0.4) is 0 Å². The van der Waals surface area contributed by atoms with Gasteiger partial charge in [-0.1, -0.05) is 33.1 Å². The lowest BCUT2D eigenvalue weighted by Gasteiger charge is -2.25. The second-order valence-electron chi connectivity index (χ2n) is 7.47. The van der Waals surface area contributed by atoms with Gasteiger partial charge in [-0.25, -0.2) is 4.98 Å². The number of hydrogen-bond acceptors (Lipinski definition) is 1. The Morgan fingerprint density at radius 2 is 2.08 bits per heavy atom. The van der Waals surface area contributed by atoms with Crippen molar-refractivity contribution in [1.29, 1.82) is 0 Å². The van der Waals surface area contributed by atoms with Crippen molar-refractivity contribution in [3.63, 3.8) is 0 Å². The van der Waals surface area contributed by atoms with E-state index in [1.54, 1.807) is 6.20 Å². The quantitative estimate of drug-likeness (QED) is 0.652. The molecule has 3 heterocycles. The van der Waals surface area contributed by atoms with Gasteiger partial charge in [0, 0.05) is 40.0 Å². The summed E-state index contributed by atoms with van der Waals surface area (Å²) in [5.41, 5.74) is 4.11. The van der Waals surface area contributed by atoms with E-state index in [-0.39, 0.29) is 0 Å².